The minimum absolute atomic E-state index is 0.0144. The topological polar surface area (TPSA) is 106 Å². The zero-order valence-electron chi connectivity index (χ0n) is 13.3. The van der Waals surface area contributed by atoms with Crippen molar-refractivity contribution in [2.45, 2.75) is 4.90 Å². The number of para-hydroxylation sites is 1. The van der Waals surface area contributed by atoms with Gasteiger partial charge in [-0.2, -0.15) is 8.42 Å². The van der Waals surface area contributed by atoms with Crippen LogP contribution in [0.4, 0.5) is 5.69 Å². The Kier molecular flexibility index (Phi) is 5.38. The minimum atomic E-state index is -4.44. The second-order valence-corrected chi connectivity index (χ2v) is 8.01. The van der Waals surface area contributed by atoms with E-state index in [1.54, 1.807) is 18.2 Å². The molecule has 1 heterocycles. The SMILES string of the molecule is NC(CCl)=Nc1ccc(C=Cc2nc3ccccc3s2)c(S(=O)(=O)O)c1. The van der Waals surface area contributed by atoms with Crippen molar-refractivity contribution >= 4 is 66.9 Å². The van der Waals surface area contributed by atoms with Gasteiger partial charge in [0.2, 0.25) is 0 Å². The Morgan fingerprint density at radius 3 is 2.73 bits per heavy atom. The van der Waals surface area contributed by atoms with E-state index in [2.05, 4.69) is 9.98 Å². The van der Waals surface area contributed by atoms with Gasteiger partial charge in [-0.3, -0.25) is 4.55 Å². The van der Waals surface area contributed by atoms with Gasteiger partial charge in [-0.15, -0.1) is 22.9 Å². The molecule has 0 fully saturated rings. The zero-order valence-corrected chi connectivity index (χ0v) is 15.7. The summed E-state index contributed by atoms with van der Waals surface area (Å²) in [5.41, 5.74) is 7.03. The Labute approximate surface area is 159 Å². The van der Waals surface area contributed by atoms with E-state index in [9.17, 15) is 13.0 Å². The number of benzene rings is 2. The van der Waals surface area contributed by atoms with Crippen LogP contribution in [0.3, 0.4) is 0 Å². The molecule has 0 aliphatic carbocycles. The largest absolute Gasteiger partial charge is 0.386 e. The Balaban J connectivity index is 2.00. The van der Waals surface area contributed by atoms with Crippen LogP contribution < -0.4 is 5.73 Å². The number of amidine groups is 1. The molecular formula is C17H14ClN3O3S2. The van der Waals surface area contributed by atoms with Crippen molar-refractivity contribution in [2.24, 2.45) is 10.7 Å². The summed E-state index contributed by atoms with van der Waals surface area (Å²) < 4.78 is 34.0. The molecule has 0 aliphatic rings. The molecule has 3 aromatic rings. The molecule has 0 spiro atoms. The number of hydrogen-bond acceptors (Lipinski definition) is 5. The average Bonchev–Trinajstić information content (AvgIpc) is 3.02. The van der Waals surface area contributed by atoms with Crippen molar-refractivity contribution < 1.29 is 13.0 Å². The van der Waals surface area contributed by atoms with E-state index in [0.717, 1.165) is 15.2 Å². The second kappa shape index (κ2) is 7.55. The molecule has 134 valence electrons. The maximum atomic E-state index is 11.7. The van der Waals surface area contributed by atoms with Crippen LogP contribution in [0, 0.1) is 0 Å². The maximum Gasteiger partial charge on any atom is 0.295 e. The van der Waals surface area contributed by atoms with E-state index in [1.165, 1.54) is 23.5 Å². The van der Waals surface area contributed by atoms with Crippen LogP contribution >= 0.6 is 22.9 Å². The normalized spacial score (nSPS) is 12.9. The van der Waals surface area contributed by atoms with E-state index in [-0.39, 0.29) is 22.3 Å². The summed E-state index contributed by atoms with van der Waals surface area (Å²) in [6.07, 6.45) is 3.28. The highest BCUT2D eigenvalue weighted by Crippen LogP contribution is 2.26. The van der Waals surface area contributed by atoms with Crippen molar-refractivity contribution in [1.29, 1.82) is 0 Å². The fraction of sp³-hybridized carbons (Fsp3) is 0.0588. The van der Waals surface area contributed by atoms with Crippen LogP contribution in [-0.4, -0.2) is 29.7 Å². The maximum absolute atomic E-state index is 11.7. The second-order valence-electron chi connectivity index (χ2n) is 5.29. The lowest BCUT2D eigenvalue weighted by molar-refractivity contribution is 0.483. The number of hydrogen-bond donors (Lipinski definition) is 2. The standard InChI is InChI=1S/C17H14ClN3O3S2/c18-10-16(19)20-12-7-5-11(15(9-12)26(22,23)24)6-8-17-21-13-3-1-2-4-14(13)25-17/h1-9H,10H2,(H2,19,20)(H,22,23,24). The molecule has 0 amide bonds. The quantitative estimate of drug-likeness (QED) is 0.288. The van der Waals surface area contributed by atoms with Crippen LogP contribution in [0.2, 0.25) is 0 Å². The number of aromatic nitrogens is 1. The van der Waals surface area contributed by atoms with E-state index in [4.69, 9.17) is 17.3 Å². The predicted molar refractivity (Wildman–Crippen MR) is 107 cm³/mol. The molecule has 0 saturated carbocycles. The molecule has 0 saturated heterocycles. The van der Waals surface area contributed by atoms with Gasteiger partial charge in [-0.05, 0) is 35.9 Å². The summed E-state index contributed by atoms with van der Waals surface area (Å²) in [7, 11) is -4.44. The highest BCUT2D eigenvalue weighted by molar-refractivity contribution is 7.86. The van der Waals surface area contributed by atoms with Gasteiger partial charge in [-0.1, -0.05) is 24.3 Å². The van der Waals surface area contributed by atoms with Gasteiger partial charge >= 0.3 is 0 Å². The number of halogens is 1. The summed E-state index contributed by atoms with van der Waals surface area (Å²) in [5.74, 6) is 0.159. The average molecular weight is 408 g/mol. The fourth-order valence-corrected chi connectivity index (χ4v) is 3.91. The summed E-state index contributed by atoms with van der Waals surface area (Å²) in [6.45, 7) is 0. The van der Waals surface area contributed by atoms with Crippen LogP contribution in [0.5, 0.6) is 0 Å². The summed E-state index contributed by atoms with van der Waals surface area (Å²) in [6, 6.07) is 12.1. The fourth-order valence-electron chi connectivity index (χ4n) is 2.27. The molecule has 3 N–H and O–H groups in total. The van der Waals surface area contributed by atoms with Crippen molar-refractivity contribution in [3.05, 3.63) is 53.0 Å². The van der Waals surface area contributed by atoms with Gasteiger partial charge < -0.3 is 5.73 Å². The molecule has 0 aliphatic heterocycles. The molecule has 0 unspecified atom stereocenters. The van der Waals surface area contributed by atoms with E-state index in [1.807, 2.05) is 24.3 Å². The molecule has 0 atom stereocenters. The first-order chi connectivity index (χ1) is 12.4. The van der Waals surface area contributed by atoms with E-state index in [0.29, 0.717) is 5.56 Å². The third-order valence-corrected chi connectivity index (χ3v) is 5.59. The molecule has 0 radical (unpaired) electrons. The molecular weight excluding hydrogens is 394 g/mol. The monoisotopic (exact) mass is 407 g/mol. The number of rotatable bonds is 5. The highest BCUT2D eigenvalue weighted by Gasteiger charge is 2.15. The summed E-state index contributed by atoms with van der Waals surface area (Å²) in [5, 5.41) is 0.723. The van der Waals surface area contributed by atoms with Crippen molar-refractivity contribution in [3.8, 4) is 0 Å². The minimum Gasteiger partial charge on any atom is -0.386 e. The van der Waals surface area contributed by atoms with Gasteiger partial charge in [0.05, 0.1) is 21.8 Å². The Morgan fingerprint density at radius 2 is 2.04 bits per heavy atom. The van der Waals surface area contributed by atoms with Crippen molar-refractivity contribution in [1.82, 2.24) is 4.98 Å². The molecule has 2 aromatic carbocycles. The smallest absolute Gasteiger partial charge is 0.295 e. The summed E-state index contributed by atoms with van der Waals surface area (Å²) in [4.78, 5) is 8.18. The van der Waals surface area contributed by atoms with Crippen LogP contribution in [-0.2, 0) is 10.1 Å². The zero-order chi connectivity index (χ0) is 18.7. The Morgan fingerprint density at radius 1 is 1.27 bits per heavy atom. The van der Waals surface area contributed by atoms with Gasteiger partial charge in [0.25, 0.3) is 10.1 Å². The lowest BCUT2D eigenvalue weighted by atomic mass is 10.2. The van der Waals surface area contributed by atoms with Gasteiger partial charge in [-0.25, -0.2) is 9.98 Å². The van der Waals surface area contributed by atoms with Crippen LogP contribution in [0.1, 0.15) is 10.6 Å². The molecule has 3 rings (SSSR count). The van der Waals surface area contributed by atoms with Gasteiger partial charge in [0.1, 0.15) is 15.7 Å². The number of nitrogens with zero attached hydrogens (tertiary/aromatic N) is 2. The Bertz CT molecular complexity index is 1090. The molecule has 9 heteroatoms. The van der Waals surface area contributed by atoms with Crippen molar-refractivity contribution in [3.63, 3.8) is 0 Å². The van der Waals surface area contributed by atoms with Crippen LogP contribution in [0.25, 0.3) is 22.4 Å². The Hall–Kier alpha value is -2.26. The molecule has 0 bridgehead atoms. The molecule has 6 nitrogen and oxygen atoms in total. The number of nitrogens with two attached hydrogens (primary N) is 1. The van der Waals surface area contributed by atoms with Gasteiger partial charge in [0.15, 0.2) is 0 Å². The third-order valence-electron chi connectivity index (χ3n) is 3.40. The molecule has 26 heavy (non-hydrogen) atoms. The number of aliphatic imine (C=N–C) groups is 1. The lowest BCUT2D eigenvalue weighted by Crippen LogP contribution is -2.12. The first kappa shape index (κ1) is 18.5. The number of fused-ring (bicyclic) bond motifs is 1. The number of thiazole rings is 1. The first-order valence-corrected chi connectivity index (χ1v) is 10.2. The first-order valence-electron chi connectivity index (χ1n) is 7.41. The number of alkyl halides is 1. The summed E-state index contributed by atoms with van der Waals surface area (Å²) >= 11 is 7.06. The van der Waals surface area contributed by atoms with Crippen LogP contribution in [0.15, 0.2) is 52.4 Å². The highest BCUT2D eigenvalue weighted by atomic mass is 35.5. The lowest BCUT2D eigenvalue weighted by Gasteiger charge is -2.05. The van der Waals surface area contributed by atoms with Gasteiger partial charge in [0, 0.05) is 0 Å². The van der Waals surface area contributed by atoms with Crippen molar-refractivity contribution in [2.75, 3.05) is 5.88 Å². The third kappa shape index (κ3) is 4.28. The molecule has 1 aromatic heterocycles. The van der Waals surface area contributed by atoms with E-state index < -0.39 is 10.1 Å². The van der Waals surface area contributed by atoms with E-state index >= 15 is 0 Å². The predicted octanol–water partition coefficient (Wildman–Crippen LogP) is 3.94.